The third kappa shape index (κ3) is 11.0. The summed E-state index contributed by atoms with van der Waals surface area (Å²) in [6.07, 6.45) is 2.63. The number of hydrogen-bond acceptors (Lipinski definition) is 17. The molecule has 0 aliphatic carbocycles. The quantitative estimate of drug-likeness (QED) is 0.0298. The molecular formula is C56H70N4O14. The number of rotatable bonds is 19. The van der Waals surface area contributed by atoms with E-state index < -0.39 is 84.2 Å². The molecule has 74 heavy (non-hydrogen) atoms. The predicted molar refractivity (Wildman–Crippen MR) is 275 cm³/mol. The Labute approximate surface area is 431 Å². The lowest BCUT2D eigenvalue weighted by molar-refractivity contribution is -0.277. The Balaban J connectivity index is 1.64. The summed E-state index contributed by atoms with van der Waals surface area (Å²) in [4.78, 5) is 41.8. The van der Waals surface area contributed by atoms with Gasteiger partial charge in [0.25, 0.3) is 0 Å². The molecule has 1 saturated heterocycles. The van der Waals surface area contributed by atoms with Crippen molar-refractivity contribution in [1.82, 2.24) is 10.6 Å². The van der Waals surface area contributed by atoms with Gasteiger partial charge < -0.3 is 70.7 Å². The van der Waals surface area contributed by atoms with Crippen LogP contribution in [0.15, 0.2) is 94.4 Å². The van der Waals surface area contributed by atoms with Crippen LogP contribution in [-0.4, -0.2) is 116 Å². The molecule has 1 fully saturated rings. The summed E-state index contributed by atoms with van der Waals surface area (Å²) < 4.78 is 32.3. The summed E-state index contributed by atoms with van der Waals surface area (Å²) in [6, 6.07) is 7.75. The smallest absolute Gasteiger partial charge is 0.343 e. The molecular weight excluding hydrogens is 953 g/mol. The van der Waals surface area contributed by atoms with Crippen molar-refractivity contribution in [1.29, 1.82) is 5.26 Å². The van der Waals surface area contributed by atoms with E-state index in [2.05, 4.69) is 29.4 Å². The number of dihydropyridines is 1. The molecule has 18 heteroatoms. The normalized spacial score (nSPS) is 25.9. The number of fused-ring (bicyclic) bond motifs is 3. The first-order chi connectivity index (χ1) is 34.9. The van der Waals surface area contributed by atoms with Crippen LogP contribution < -0.4 is 35.3 Å². The molecule has 0 aromatic heterocycles. The highest BCUT2D eigenvalue weighted by Crippen LogP contribution is 2.61. The molecule has 0 bridgehead atoms. The van der Waals surface area contributed by atoms with Crippen LogP contribution in [0.3, 0.4) is 0 Å². The Morgan fingerprint density at radius 2 is 1.69 bits per heavy atom. The highest BCUT2D eigenvalue weighted by molar-refractivity contribution is 5.97. The zero-order chi connectivity index (χ0) is 54.6. The first-order valence-electron chi connectivity index (χ1n) is 24.6. The Kier molecular flexibility index (Phi) is 17.6. The summed E-state index contributed by atoms with van der Waals surface area (Å²) >= 11 is 0. The van der Waals surface area contributed by atoms with Gasteiger partial charge in [0.2, 0.25) is 12.2 Å². The fraction of sp³-hybridized carbons (Fsp3) is 0.464. The molecule has 4 aliphatic heterocycles. The fourth-order valence-corrected chi connectivity index (χ4v) is 9.53. The van der Waals surface area contributed by atoms with Gasteiger partial charge in [-0.1, -0.05) is 56.7 Å². The summed E-state index contributed by atoms with van der Waals surface area (Å²) in [6.45, 7) is 20.0. The molecule has 10 N–H and O–H groups in total. The number of amides is 1. The topological polar surface area (TPSA) is 293 Å². The molecule has 18 nitrogen and oxygen atoms in total. The van der Waals surface area contributed by atoms with Gasteiger partial charge in [-0.05, 0) is 109 Å². The number of nitriles is 1. The lowest BCUT2D eigenvalue weighted by atomic mass is 9.62. The monoisotopic (exact) mass is 1020 g/mol. The van der Waals surface area contributed by atoms with E-state index in [1.54, 1.807) is 6.92 Å². The minimum Gasteiger partial charge on any atom is -0.482 e. The van der Waals surface area contributed by atoms with Crippen LogP contribution in [-0.2, 0) is 20.7 Å². The number of aliphatic hydroxyl groups excluding tert-OH is 5. The van der Waals surface area contributed by atoms with Crippen LogP contribution in [0.2, 0.25) is 0 Å². The number of aldehydes is 1. The highest BCUT2D eigenvalue weighted by Gasteiger charge is 2.63. The largest absolute Gasteiger partial charge is 0.482 e. The molecule has 398 valence electrons. The second kappa shape index (κ2) is 22.9. The second-order valence-corrected chi connectivity index (χ2v) is 20.2. The van der Waals surface area contributed by atoms with Gasteiger partial charge in [-0.25, -0.2) is 4.79 Å². The lowest BCUT2D eigenvalue weighted by Gasteiger charge is -2.53. The molecule has 1 amide bonds. The molecule has 4 heterocycles. The third-order valence-corrected chi connectivity index (χ3v) is 13.8. The van der Waals surface area contributed by atoms with Crippen molar-refractivity contribution in [3.8, 4) is 29.1 Å². The molecule has 6 rings (SSSR count). The van der Waals surface area contributed by atoms with Crippen LogP contribution in [0.25, 0.3) is 11.8 Å². The van der Waals surface area contributed by atoms with Crippen molar-refractivity contribution in [2.75, 3.05) is 19.8 Å². The maximum absolute atomic E-state index is 14.7. The van der Waals surface area contributed by atoms with E-state index in [0.29, 0.717) is 30.3 Å². The van der Waals surface area contributed by atoms with E-state index in [4.69, 9.17) is 29.4 Å². The van der Waals surface area contributed by atoms with E-state index in [1.165, 1.54) is 37.3 Å². The molecule has 0 radical (unpaired) electrons. The number of allylic oxidation sites excluding steroid dienone is 5. The minimum atomic E-state index is -2.58. The maximum atomic E-state index is 14.7. The number of aliphatic hydroxyl groups is 6. The summed E-state index contributed by atoms with van der Waals surface area (Å²) in [7, 11) is 0. The number of benzene rings is 2. The van der Waals surface area contributed by atoms with Crippen LogP contribution in [0.4, 0.5) is 0 Å². The number of carbonyl (C=O) groups is 3. The zero-order valence-electron chi connectivity index (χ0n) is 43.4. The molecule has 0 spiro atoms. The van der Waals surface area contributed by atoms with Crippen molar-refractivity contribution in [2.45, 2.75) is 136 Å². The fourth-order valence-electron chi connectivity index (χ4n) is 9.53. The minimum absolute atomic E-state index is 0.0136. The van der Waals surface area contributed by atoms with Crippen molar-refractivity contribution in [3.05, 3.63) is 117 Å². The van der Waals surface area contributed by atoms with Gasteiger partial charge in [0, 0.05) is 35.6 Å². The second-order valence-electron chi connectivity index (χ2n) is 20.2. The van der Waals surface area contributed by atoms with Crippen molar-refractivity contribution in [2.24, 2.45) is 17.6 Å². The maximum Gasteiger partial charge on any atom is 0.343 e. The number of carbonyl (C=O) groups excluding carboxylic acids is 3. The van der Waals surface area contributed by atoms with E-state index >= 15 is 0 Å². The highest BCUT2D eigenvalue weighted by atomic mass is 16.7. The van der Waals surface area contributed by atoms with Gasteiger partial charge in [0.15, 0.2) is 23.2 Å². The molecule has 0 saturated carbocycles. The molecule has 4 aliphatic rings. The summed E-state index contributed by atoms with van der Waals surface area (Å²) in [5.41, 5.74) is 4.69. The van der Waals surface area contributed by atoms with Crippen LogP contribution >= 0.6 is 0 Å². The van der Waals surface area contributed by atoms with Gasteiger partial charge >= 0.3 is 5.97 Å². The Morgan fingerprint density at radius 3 is 2.28 bits per heavy atom. The van der Waals surface area contributed by atoms with Crippen LogP contribution in [0.5, 0.6) is 23.0 Å². The lowest BCUT2D eigenvalue weighted by Crippen LogP contribution is -2.65. The summed E-state index contributed by atoms with van der Waals surface area (Å²) in [5.74, 6) is -2.67. The van der Waals surface area contributed by atoms with Gasteiger partial charge in [-0.3, -0.25) is 9.59 Å². The number of nitrogens with two attached hydrogens (primary N) is 1. The number of esters is 1. The van der Waals surface area contributed by atoms with Crippen molar-refractivity contribution < 1.29 is 68.7 Å². The Hall–Kier alpha value is -6.56. The standard InChI is InChI=1S/C56H70N4O14/c1-29(2)12-11-21-54(10)22-20-38-47(73-54)37(18-13-30(3)4)49-41(48(38)72-52(68)35-14-16-36(17-15-35)70-53-46(66)45(65)44(64)40(27-62)71-53)43-42(33(8)39(26-57)50(58)60-43)56(74-49,34(9)31(5)6)55(69,28-63)23-19-32(7)51(67)59-24-25-61/h12-17,19-20,22,28,31,33,40,44-46,53,60-62,64-66,69H,9,11,18,21,23-25,27,58H2,1-8,10H3,(H,59,67)/b32-19-/t33?,40-,44-,45+,46-,53-,54?,55?,56?/m1/s1. The van der Waals surface area contributed by atoms with E-state index in [9.17, 15) is 50.3 Å². The van der Waals surface area contributed by atoms with E-state index in [-0.39, 0.29) is 87.5 Å². The average molecular weight is 1020 g/mol. The van der Waals surface area contributed by atoms with Crippen LogP contribution in [0.1, 0.15) is 109 Å². The first-order valence-corrected chi connectivity index (χ1v) is 24.6. The van der Waals surface area contributed by atoms with E-state index in [0.717, 1.165) is 11.1 Å². The SMILES string of the molecule is C=C(C(C)C)C1(C(O)(C=O)C/C=C(/C)C(=O)NCCO)Oc2c(CC=C(C)C)c3c(c(OC(=O)c4ccc(O[C@@H]5O[C@H](CO)[C@@H](O)[C@H](O)[C@H]5O)cc4)c2C2=C1C(C)C(C#N)=C(N)N2)C=CC(C)(CCC=C(C)C)O3. The van der Waals surface area contributed by atoms with Crippen molar-refractivity contribution in [3.63, 3.8) is 0 Å². The van der Waals surface area contributed by atoms with Gasteiger partial charge in [0.05, 0.1) is 47.2 Å². The molecule has 2 aromatic rings. The predicted octanol–water partition coefficient (Wildman–Crippen LogP) is 4.87. The third-order valence-electron chi connectivity index (χ3n) is 13.8. The summed E-state index contributed by atoms with van der Waals surface area (Å²) in [5, 5.41) is 80.0. The van der Waals surface area contributed by atoms with Crippen molar-refractivity contribution >= 4 is 29.9 Å². The van der Waals surface area contributed by atoms with E-state index in [1.807, 2.05) is 66.7 Å². The molecule has 9 atom stereocenters. The Bertz CT molecular complexity index is 2760. The number of nitrogens with zero attached hydrogens (tertiary/aromatic N) is 1. The molecule has 2 aromatic carbocycles. The van der Waals surface area contributed by atoms with Gasteiger partial charge in [-0.2, -0.15) is 5.26 Å². The Morgan fingerprint density at radius 1 is 1.01 bits per heavy atom. The number of nitrogens with one attached hydrogen (secondary N) is 2. The number of hydrogen-bond donors (Lipinski definition) is 9. The average Bonchev–Trinajstić information content (AvgIpc) is 3.36. The zero-order valence-corrected chi connectivity index (χ0v) is 43.4. The number of ether oxygens (including phenoxy) is 5. The van der Waals surface area contributed by atoms with Gasteiger partial charge in [-0.15, -0.1) is 0 Å². The molecule has 4 unspecified atom stereocenters. The first kappa shape index (κ1) is 56.7. The van der Waals surface area contributed by atoms with Gasteiger partial charge in [0.1, 0.15) is 53.1 Å². The van der Waals surface area contributed by atoms with Crippen LogP contribution in [0, 0.1) is 23.2 Å².